The first-order chi connectivity index (χ1) is 16.6. The molecular formula is C25H29N9. The Hall–Kier alpha value is -3.85. The number of nitrogens with one attached hydrogen (secondary N) is 4. The third-order valence-electron chi connectivity index (χ3n) is 6.40. The summed E-state index contributed by atoms with van der Waals surface area (Å²) in [6, 6.07) is 16.8. The van der Waals surface area contributed by atoms with Crippen LogP contribution in [0.25, 0.3) is 21.9 Å². The van der Waals surface area contributed by atoms with Crippen molar-refractivity contribution < 1.29 is 0 Å². The lowest BCUT2D eigenvalue weighted by molar-refractivity contribution is 0.410. The Bertz CT molecular complexity index is 1340. The molecule has 0 saturated heterocycles. The molecule has 6 N–H and O–H groups in total. The molecule has 9 heteroatoms. The first-order valence-electron chi connectivity index (χ1n) is 11.6. The van der Waals surface area contributed by atoms with Crippen LogP contribution in [0.15, 0.2) is 58.7 Å². The zero-order chi connectivity index (χ0) is 23.5. The second-order valence-corrected chi connectivity index (χ2v) is 8.79. The summed E-state index contributed by atoms with van der Waals surface area (Å²) in [6.45, 7) is 0. The molecule has 0 spiro atoms. The van der Waals surface area contributed by atoms with Gasteiger partial charge in [-0.15, -0.1) is 5.11 Å². The molecule has 0 atom stereocenters. The summed E-state index contributed by atoms with van der Waals surface area (Å²) in [6.07, 6.45) is 4.75. The second-order valence-electron chi connectivity index (χ2n) is 8.79. The minimum Gasteiger partial charge on any atom is -0.367 e. The summed E-state index contributed by atoms with van der Waals surface area (Å²) < 4.78 is 0. The predicted octanol–water partition coefficient (Wildman–Crippen LogP) is 4.30. The summed E-state index contributed by atoms with van der Waals surface area (Å²) in [5, 5.41) is 13.3. The zero-order valence-electron chi connectivity index (χ0n) is 19.2. The highest BCUT2D eigenvalue weighted by Gasteiger charge is 2.22. The number of hydrazone groups is 1. The molecule has 0 bridgehead atoms. The molecule has 9 nitrogen and oxygen atoms in total. The van der Waals surface area contributed by atoms with Gasteiger partial charge in [-0.1, -0.05) is 42.5 Å². The van der Waals surface area contributed by atoms with E-state index in [1.54, 1.807) is 7.05 Å². The molecule has 4 aromatic rings. The number of nitrogens with zero attached hydrogens (tertiary/aromatic N) is 4. The molecule has 1 fully saturated rings. The monoisotopic (exact) mass is 455 g/mol. The summed E-state index contributed by atoms with van der Waals surface area (Å²) >= 11 is 0. The molecule has 1 aliphatic carbocycles. The molecule has 34 heavy (non-hydrogen) atoms. The first kappa shape index (κ1) is 22.0. The summed E-state index contributed by atoms with van der Waals surface area (Å²) in [5.74, 6) is 1.93. The Labute approximate surface area is 197 Å². The van der Waals surface area contributed by atoms with Gasteiger partial charge < -0.3 is 21.5 Å². The normalized spacial score (nSPS) is 18.8. The van der Waals surface area contributed by atoms with Crippen LogP contribution < -0.4 is 16.5 Å². The average molecular weight is 456 g/mol. The molecule has 2 aromatic heterocycles. The second kappa shape index (κ2) is 9.56. The maximum atomic E-state index is 7.45. The van der Waals surface area contributed by atoms with Crippen molar-refractivity contribution in [3.05, 3.63) is 65.5 Å². The molecule has 5 rings (SSSR count). The largest absolute Gasteiger partial charge is 0.367 e. The van der Waals surface area contributed by atoms with E-state index in [2.05, 4.69) is 38.1 Å². The van der Waals surface area contributed by atoms with Crippen LogP contribution in [0.1, 0.15) is 42.6 Å². The SMILES string of the molecule is CN/N=C(\N=N)c1ccc2c(c1)[nH]c1nc(Cc3ccccc3)nc(NC3CCC(N)CC3)c12. The molecule has 1 aliphatic rings. The molecule has 2 heterocycles. The average Bonchev–Trinajstić information content (AvgIpc) is 3.22. The van der Waals surface area contributed by atoms with Crippen LogP contribution in [0.3, 0.4) is 0 Å². The van der Waals surface area contributed by atoms with Gasteiger partial charge in [0.2, 0.25) is 0 Å². The van der Waals surface area contributed by atoms with Crippen LogP contribution in [0.5, 0.6) is 0 Å². The van der Waals surface area contributed by atoms with Crippen LogP contribution >= 0.6 is 0 Å². The maximum Gasteiger partial charge on any atom is 0.200 e. The highest BCUT2D eigenvalue weighted by Crippen LogP contribution is 2.32. The van der Waals surface area contributed by atoms with Crippen molar-refractivity contribution in [2.45, 2.75) is 44.2 Å². The van der Waals surface area contributed by atoms with Crippen molar-refractivity contribution in [2.75, 3.05) is 12.4 Å². The number of benzene rings is 2. The number of hydrogen-bond donors (Lipinski definition) is 5. The molecule has 0 radical (unpaired) electrons. The van der Waals surface area contributed by atoms with Gasteiger partial charge in [0.25, 0.3) is 0 Å². The summed E-state index contributed by atoms with van der Waals surface area (Å²) in [4.78, 5) is 13.3. The zero-order valence-corrected chi connectivity index (χ0v) is 19.2. The number of aromatic amines is 1. The molecule has 1 saturated carbocycles. The number of amidine groups is 1. The highest BCUT2D eigenvalue weighted by molar-refractivity contribution is 6.13. The Balaban J connectivity index is 1.60. The van der Waals surface area contributed by atoms with Crippen LogP contribution in [0, 0.1) is 5.53 Å². The number of rotatable bonds is 6. The summed E-state index contributed by atoms with van der Waals surface area (Å²) in [5.41, 5.74) is 19.9. The van der Waals surface area contributed by atoms with Gasteiger partial charge >= 0.3 is 0 Å². The van der Waals surface area contributed by atoms with Gasteiger partial charge in [-0.3, -0.25) is 0 Å². The van der Waals surface area contributed by atoms with Gasteiger partial charge in [0, 0.05) is 42.0 Å². The van der Waals surface area contributed by atoms with Crippen LogP contribution in [-0.2, 0) is 6.42 Å². The van der Waals surface area contributed by atoms with Crippen molar-refractivity contribution in [1.29, 1.82) is 5.53 Å². The number of aromatic nitrogens is 3. The Morgan fingerprint density at radius 1 is 1.12 bits per heavy atom. The number of hydrogen-bond acceptors (Lipinski definition) is 7. The Morgan fingerprint density at radius 2 is 1.91 bits per heavy atom. The minimum absolute atomic E-state index is 0.291. The molecular weight excluding hydrogens is 426 g/mol. The highest BCUT2D eigenvalue weighted by atomic mass is 15.3. The van der Waals surface area contributed by atoms with Gasteiger partial charge in [-0.25, -0.2) is 15.5 Å². The van der Waals surface area contributed by atoms with E-state index in [1.165, 1.54) is 5.56 Å². The van der Waals surface area contributed by atoms with Crippen molar-refractivity contribution in [1.82, 2.24) is 20.4 Å². The number of anilines is 1. The third kappa shape index (κ3) is 4.47. The molecule has 2 aromatic carbocycles. The standard InChI is InChI=1S/C25H29N9/c1-28-34-23(33-27)16-7-12-19-20(14-16)30-25-22(19)24(29-18-10-8-17(26)9-11-18)31-21(32-25)13-15-5-3-2-4-6-15/h2-7,12,14,17-18,27-28H,8-11,13,26H2,1H3,(H2,29,30,31,32)/b33-27?,34-23-. The molecule has 0 unspecified atom stereocenters. The van der Waals surface area contributed by atoms with Crippen LogP contribution in [0.4, 0.5) is 5.82 Å². The van der Waals surface area contributed by atoms with E-state index in [-0.39, 0.29) is 0 Å². The third-order valence-corrected chi connectivity index (χ3v) is 6.40. The molecule has 0 aliphatic heterocycles. The molecule has 0 amide bonds. The fourth-order valence-electron chi connectivity index (χ4n) is 4.66. The fourth-order valence-corrected chi connectivity index (χ4v) is 4.66. The van der Waals surface area contributed by atoms with E-state index < -0.39 is 0 Å². The van der Waals surface area contributed by atoms with Gasteiger partial charge in [0.15, 0.2) is 5.84 Å². The van der Waals surface area contributed by atoms with E-state index in [9.17, 15) is 0 Å². The molecule has 174 valence electrons. The first-order valence-corrected chi connectivity index (χ1v) is 11.6. The number of H-pyrrole nitrogens is 1. The van der Waals surface area contributed by atoms with Crippen molar-refractivity contribution in [3.8, 4) is 0 Å². The van der Waals surface area contributed by atoms with Gasteiger partial charge in [0.05, 0.1) is 5.39 Å². The maximum absolute atomic E-state index is 7.45. The number of fused-ring (bicyclic) bond motifs is 3. The van der Waals surface area contributed by atoms with E-state index in [4.69, 9.17) is 21.2 Å². The van der Waals surface area contributed by atoms with Crippen molar-refractivity contribution in [3.63, 3.8) is 0 Å². The van der Waals surface area contributed by atoms with Gasteiger partial charge in [0.1, 0.15) is 17.3 Å². The fraction of sp³-hybridized carbons (Fsp3) is 0.320. The van der Waals surface area contributed by atoms with E-state index >= 15 is 0 Å². The van der Waals surface area contributed by atoms with Crippen molar-refractivity contribution in [2.24, 2.45) is 15.9 Å². The van der Waals surface area contributed by atoms with Crippen LogP contribution in [0.2, 0.25) is 0 Å². The van der Waals surface area contributed by atoms with E-state index in [0.29, 0.717) is 24.3 Å². The topological polar surface area (TPSA) is 140 Å². The van der Waals surface area contributed by atoms with Crippen LogP contribution in [-0.4, -0.2) is 39.9 Å². The van der Waals surface area contributed by atoms with Crippen molar-refractivity contribution >= 4 is 33.6 Å². The number of nitrogens with two attached hydrogens (primary N) is 1. The Kier molecular flexibility index (Phi) is 6.18. The van der Waals surface area contributed by atoms with E-state index in [0.717, 1.165) is 64.8 Å². The van der Waals surface area contributed by atoms with E-state index in [1.807, 2.05) is 36.4 Å². The lowest BCUT2D eigenvalue weighted by Crippen LogP contribution is -2.33. The van der Waals surface area contributed by atoms with Gasteiger partial charge in [-0.2, -0.15) is 5.10 Å². The Morgan fingerprint density at radius 3 is 2.65 bits per heavy atom. The smallest absolute Gasteiger partial charge is 0.200 e. The lowest BCUT2D eigenvalue weighted by atomic mass is 9.92. The quantitative estimate of drug-likeness (QED) is 0.128. The minimum atomic E-state index is 0.291. The van der Waals surface area contributed by atoms with Gasteiger partial charge in [-0.05, 0) is 37.3 Å². The predicted molar refractivity (Wildman–Crippen MR) is 135 cm³/mol. The summed E-state index contributed by atoms with van der Waals surface area (Å²) in [7, 11) is 1.69. The lowest BCUT2D eigenvalue weighted by Gasteiger charge is -2.27.